The van der Waals surface area contributed by atoms with Crippen molar-refractivity contribution in [1.29, 1.82) is 0 Å². The van der Waals surface area contributed by atoms with Gasteiger partial charge in [0.15, 0.2) is 0 Å². The molecular weight excluding hydrogens is 274 g/mol. The van der Waals surface area contributed by atoms with Crippen molar-refractivity contribution in [3.63, 3.8) is 0 Å². The van der Waals surface area contributed by atoms with E-state index in [1.807, 2.05) is 19.2 Å². The van der Waals surface area contributed by atoms with Crippen molar-refractivity contribution >= 4 is 17.5 Å². The van der Waals surface area contributed by atoms with Gasteiger partial charge in [0.25, 0.3) is 0 Å². The molecule has 1 saturated carbocycles. The molecule has 110 valence electrons. The molecule has 0 saturated heterocycles. The van der Waals surface area contributed by atoms with Gasteiger partial charge in [0.05, 0.1) is 7.11 Å². The zero-order chi connectivity index (χ0) is 14.5. The fraction of sp³-hybridized carbons (Fsp3) is 0.562. The van der Waals surface area contributed by atoms with E-state index in [-0.39, 0.29) is 5.91 Å². The Kier molecular flexibility index (Phi) is 5.30. The number of amides is 1. The summed E-state index contributed by atoms with van der Waals surface area (Å²) in [5.74, 6) is 1.56. The molecule has 1 aliphatic carbocycles. The fourth-order valence-corrected chi connectivity index (χ4v) is 3.03. The minimum Gasteiger partial charge on any atom is -0.496 e. The van der Waals surface area contributed by atoms with Crippen LogP contribution in [0.4, 0.5) is 0 Å². The number of carbonyl (C=O) groups is 1. The molecule has 4 heteroatoms. The Morgan fingerprint density at radius 3 is 2.75 bits per heavy atom. The van der Waals surface area contributed by atoms with Gasteiger partial charge in [-0.25, -0.2) is 0 Å². The first-order valence-corrected chi connectivity index (χ1v) is 7.54. The smallest absolute Gasteiger partial charge is 0.222 e. The van der Waals surface area contributed by atoms with Gasteiger partial charge in [-0.15, -0.1) is 0 Å². The molecule has 0 aliphatic heterocycles. The summed E-state index contributed by atoms with van der Waals surface area (Å²) >= 11 is 6.02. The molecule has 1 fully saturated rings. The molecule has 20 heavy (non-hydrogen) atoms. The minimum absolute atomic E-state index is 0.207. The molecule has 0 atom stereocenters. The van der Waals surface area contributed by atoms with Crippen LogP contribution in [0.5, 0.6) is 5.75 Å². The van der Waals surface area contributed by atoms with Crippen molar-refractivity contribution in [3.8, 4) is 5.75 Å². The Labute approximate surface area is 125 Å². The van der Waals surface area contributed by atoms with Crippen LogP contribution < -0.4 is 4.74 Å². The first-order chi connectivity index (χ1) is 9.60. The third-order valence-electron chi connectivity index (χ3n) is 4.01. The third-order valence-corrected chi connectivity index (χ3v) is 4.25. The fourth-order valence-electron chi connectivity index (χ4n) is 2.83. The molecule has 0 bridgehead atoms. The summed E-state index contributed by atoms with van der Waals surface area (Å²) in [6, 6.07) is 5.50. The van der Waals surface area contributed by atoms with Crippen molar-refractivity contribution < 1.29 is 9.53 Å². The second-order valence-corrected chi connectivity index (χ2v) is 6.00. The number of halogens is 1. The summed E-state index contributed by atoms with van der Waals surface area (Å²) in [6.45, 7) is 0.537. The molecule has 1 aromatic rings. The van der Waals surface area contributed by atoms with Crippen LogP contribution in [0.25, 0.3) is 0 Å². The zero-order valence-electron chi connectivity index (χ0n) is 12.2. The van der Waals surface area contributed by atoms with Crippen LogP contribution in [0.15, 0.2) is 18.2 Å². The summed E-state index contributed by atoms with van der Waals surface area (Å²) in [7, 11) is 3.48. The lowest BCUT2D eigenvalue weighted by Gasteiger charge is -2.20. The van der Waals surface area contributed by atoms with Crippen LogP contribution in [0, 0.1) is 5.92 Å². The summed E-state index contributed by atoms with van der Waals surface area (Å²) in [4.78, 5) is 14.0. The van der Waals surface area contributed by atoms with Crippen molar-refractivity contribution in [1.82, 2.24) is 4.90 Å². The van der Waals surface area contributed by atoms with Gasteiger partial charge < -0.3 is 9.64 Å². The molecule has 0 N–H and O–H groups in total. The second-order valence-electron chi connectivity index (χ2n) is 5.56. The molecule has 1 aliphatic rings. The molecule has 3 nitrogen and oxygen atoms in total. The highest BCUT2D eigenvalue weighted by atomic mass is 35.5. The summed E-state index contributed by atoms with van der Waals surface area (Å²) in [5.41, 5.74) is 0.947. The molecule has 0 aromatic heterocycles. The average molecular weight is 296 g/mol. The number of methoxy groups -OCH3 is 1. The molecule has 0 radical (unpaired) electrons. The van der Waals surface area contributed by atoms with E-state index in [9.17, 15) is 4.79 Å². The van der Waals surface area contributed by atoms with Crippen molar-refractivity contribution in [2.45, 2.75) is 38.6 Å². The Hall–Kier alpha value is -1.22. The van der Waals surface area contributed by atoms with Crippen molar-refractivity contribution in [2.75, 3.05) is 14.2 Å². The standard InChI is InChI=1S/C16H22ClNO2/c1-18(16(19)9-12-5-3-4-6-12)11-13-10-14(17)7-8-15(13)20-2/h7-8,10,12H,3-6,9,11H2,1-2H3. The molecule has 1 aromatic carbocycles. The van der Waals surface area contributed by atoms with E-state index in [2.05, 4.69) is 0 Å². The van der Waals surface area contributed by atoms with E-state index in [0.29, 0.717) is 23.9 Å². The Morgan fingerprint density at radius 1 is 1.40 bits per heavy atom. The van der Waals surface area contributed by atoms with Gasteiger partial charge in [-0.2, -0.15) is 0 Å². The highest BCUT2D eigenvalue weighted by Crippen LogP contribution is 2.29. The van der Waals surface area contributed by atoms with Crippen LogP contribution in [-0.4, -0.2) is 25.0 Å². The van der Waals surface area contributed by atoms with E-state index in [0.717, 1.165) is 11.3 Å². The van der Waals surface area contributed by atoms with Gasteiger partial charge in [-0.3, -0.25) is 4.79 Å². The third kappa shape index (κ3) is 3.89. The highest BCUT2D eigenvalue weighted by Gasteiger charge is 2.21. The maximum absolute atomic E-state index is 12.2. The number of benzene rings is 1. The quantitative estimate of drug-likeness (QED) is 0.825. The Balaban J connectivity index is 1.97. The predicted molar refractivity (Wildman–Crippen MR) is 81.1 cm³/mol. The van der Waals surface area contributed by atoms with Gasteiger partial charge in [0.2, 0.25) is 5.91 Å². The maximum atomic E-state index is 12.2. The highest BCUT2D eigenvalue weighted by molar-refractivity contribution is 6.30. The van der Waals surface area contributed by atoms with Gasteiger partial charge in [-0.1, -0.05) is 24.4 Å². The largest absolute Gasteiger partial charge is 0.496 e. The lowest BCUT2D eigenvalue weighted by molar-refractivity contribution is -0.131. The van der Waals surface area contributed by atoms with Gasteiger partial charge in [-0.05, 0) is 37.0 Å². The van der Waals surface area contributed by atoms with Gasteiger partial charge >= 0.3 is 0 Å². The molecule has 0 unspecified atom stereocenters. The van der Waals surface area contributed by atoms with Crippen molar-refractivity contribution in [2.24, 2.45) is 5.92 Å². The van der Waals surface area contributed by atoms with Gasteiger partial charge in [0, 0.05) is 30.6 Å². The zero-order valence-corrected chi connectivity index (χ0v) is 12.9. The number of carbonyl (C=O) groups excluding carboxylic acids is 1. The SMILES string of the molecule is COc1ccc(Cl)cc1CN(C)C(=O)CC1CCCC1. The number of rotatable bonds is 5. The molecule has 2 rings (SSSR count). The minimum atomic E-state index is 0.207. The van der Waals surface area contributed by atoms with E-state index >= 15 is 0 Å². The summed E-state index contributed by atoms with van der Waals surface area (Å²) in [6.07, 6.45) is 5.59. The molecule has 1 amide bonds. The summed E-state index contributed by atoms with van der Waals surface area (Å²) in [5, 5.41) is 0.664. The number of hydrogen-bond donors (Lipinski definition) is 0. The number of nitrogens with zero attached hydrogens (tertiary/aromatic N) is 1. The number of ether oxygens (including phenoxy) is 1. The normalized spacial score (nSPS) is 15.3. The van der Waals surface area contributed by atoms with Crippen LogP contribution in [-0.2, 0) is 11.3 Å². The predicted octanol–water partition coefficient (Wildman–Crippen LogP) is 3.89. The van der Waals surface area contributed by atoms with E-state index < -0.39 is 0 Å². The number of hydrogen-bond acceptors (Lipinski definition) is 2. The first-order valence-electron chi connectivity index (χ1n) is 7.16. The topological polar surface area (TPSA) is 29.5 Å². The lowest BCUT2D eigenvalue weighted by atomic mass is 10.0. The Morgan fingerprint density at radius 2 is 2.10 bits per heavy atom. The maximum Gasteiger partial charge on any atom is 0.222 e. The lowest BCUT2D eigenvalue weighted by Crippen LogP contribution is -2.27. The van der Waals surface area contributed by atoms with Crippen LogP contribution >= 0.6 is 11.6 Å². The Bertz CT molecular complexity index is 470. The van der Waals surface area contributed by atoms with Crippen LogP contribution in [0.2, 0.25) is 5.02 Å². The van der Waals surface area contributed by atoms with E-state index in [1.165, 1.54) is 25.7 Å². The average Bonchev–Trinajstić information content (AvgIpc) is 2.91. The van der Waals surface area contributed by atoms with Crippen LogP contribution in [0.3, 0.4) is 0 Å². The monoisotopic (exact) mass is 295 g/mol. The van der Waals surface area contributed by atoms with E-state index in [4.69, 9.17) is 16.3 Å². The molecular formula is C16H22ClNO2. The van der Waals surface area contributed by atoms with Crippen molar-refractivity contribution in [3.05, 3.63) is 28.8 Å². The van der Waals surface area contributed by atoms with Crippen LogP contribution in [0.1, 0.15) is 37.7 Å². The molecule has 0 spiro atoms. The van der Waals surface area contributed by atoms with E-state index in [1.54, 1.807) is 18.1 Å². The molecule has 0 heterocycles. The first kappa shape index (κ1) is 15.2. The second kappa shape index (κ2) is 6.98. The van der Waals surface area contributed by atoms with Gasteiger partial charge in [0.1, 0.15) is 5.75 Å². The summed E-state index contributed by atoms with van der Waals surface area (Å²) < 4.78 is 5.32.